The zero-order valence-electron chi connectivity index (χ0n) is 24.9. The van der Waals surface area contributed by atoms with Crippen LogP contribution in [0.2, 0.25) is 0 Å². The number of thiophene rings is 1. The molecule has 2 aliphatic heterocycles. The predicted molar refractivity (Wildman–Crippen MR) is 167 cm³/mol. The average molecular weight is 565 g/mol. The molecule has 0 aromatic carbocycles. The van der Waals surface area contributed by atoms with Crippen LogP contribution in [0.4, 0.5) is 4.39 Å². The Morgan fingerprint density at radius 1 is 1.18 bits per heavy atom. The van der Waals surface area contributed by atoms with Gasteiger partial charge < -0.3 is 15.1 Å². The second-order valence-corrected chi connectivity index (χ2v) is 12.8. The molecule has 0 atom stereocenters. The van der Waals surface area contributed by atoms with E-state index in [1.165, 1.54) is 36.2 Å². The van der Waals surface area contributed by atoms with Crippen LogP contribution in [0.3, 0.4) is 0 Å². The van der Waals surface area contributed by atoms with Crippen LogP contribution in [-0.2, 0) is 5.41 Å². The predicted octanol–water partition coefficient (Wildman–Crippen LogP) is 7.62. The number of carbonyl (C=O) groups excluding carboxylic acids is 1. The Hall–Kier alpha value is -2.77. The molecule has 1 aliphatic carbocycles. The molecule has 1 N–H and O–H groups in total. The van der Waals surface area contributed by atoms with E-state index in [0.717, 1.165) is 56.6 Å². The van der Waals surface area contributed by atoms with Crippen LogP contribution in [0, 0.1) is 5.41 Å². The van der Waals surface area contributed by atoms with Crippen molar-refractivity contribution in [3.63, 3.8) is 0 Å². The minimum atomic E-state index is -0.511. The zero-order chi connectivity index (χ0) is 29.1. The van der Waals surface area contributed by atoms with Gasteiger partial charge in [0.05, 0.1) is 4.88 Å². The van der Waals surface area contributed by atoms with Crippen molar-refractivity contribution in [3.8, 4) is 0 Å². The first-order valence-electron chi connectivity index (χ1n) is 14.6. The Kier molecular flexibility index (Phi) is 9.36. The van der Waals surface area contributed by atoms with Gasteiger partial charge in [0.1, 0.15) is 17.4 Å². The van der Waals surface area contributed by atoms with E-state index in [9.17, 15) is 4.79 Å². The summed E-state index contributed by atoms with van der Waals surface area (Å²) in [6.45, 7) is 23.3. The van der Waals surface area contributed by atoms with Crippen LogP contribution in [0.25, 0.3) is 5.70 Å². The highest BCUT2D eigenvalue weighted by molar-refractivity contribution is 7.13. The van der Waals surface area contributed by atoms with Crippen molar-refractivity contribution in [1.82, 2.24) is 15.1 Å². The number of likely N-dealkylation sites (tertiary alicyclic amines) is 2. The summed E-state index contributed by atoms with van der Waals surface area (Å²) >= 11 is 1.50. The summed E-state index contributed by atoms with van der Waals surface area (Å²) in [5.74, 6) is 0.0228. The first-order chi connectivity index (χ1) is 19.1. The van der Waals surface area contributed by atoms with E-state index in [2.05, 4.69) is 66.2 Å². The molecule has 0 unspecified atom stereocenters. The molecule has 216 valence electrons. The van der Waals surface area contributed by atoms with Crippen molar-refractivity contribution in [2.75, 3.05) is 32.7 Å². The van der Waals surface area contributed by atoms with Crippen molar-refractivity contribution in [1.29, 1.82) is 0 Å². The Morgan fingerprint density at radius 2 is 1.85 bits per heavy atom. The van der Waals surface area contributed by atoms with Crippen LogP contribution in [0.15, 0.2) is 65.7 Å². The highest BCUT2D eigenvalue weighted by Crippen LogP contribution is 2.49. The van der Waals surface area contributed by atoms with Gasteiger partial charge in [-0.25, -0.2) is 9.38 Å². The molecule has 3 heterocycles. The van der Waals surface area contributed by atoms with Crippen molar-refractivity contribution in [2.24, 2.45) is 10.4 Å². The van der Waals surface area contributed by atoms with Gasteiger partial charge in [-0.15, -0.1) is 11.3 Å². The van der Waals surface area contributed by atoms with Gasteiger partial charge in [-0.3, -0.25) is 4.79 Å². The Morgan fingerprint density at radius 3 is 2.40 bits per heavy atom. The Balaban J connectivity index is 1.48. The van der Waals surface area contributed by atoms with Crippen molar-refractivity contribution >= 4 is 28.7 Å². The van der Waals surface area contributed by atoms with E-state index >= 15 is 4.39 Å². The van der Waals surface area contributed by atoms with Crippen LogP contribution in [-0.4, -0.2) is 54.1 Å². The van der Waals surface area contributed by atoms with Gasteiger partial charge in [0.25, 0.3) is 0 Å². The Labute approximate surface area is 243 Å². The molecule has 4 rings (SSSR count). The maximum Gasteiger partial charge on any atom is 0.160 e. The quantitative estimate of drug-likeness (QED) is 0.130. The molecule has 0 amide bonds. The number of hydrogen-bond acceptors (Lipinski definition) is 5. The summed E-state index contributed by atoms with van der Waals surface area (Å²) in [7, 11) is 0. The molecule has 40 heavy (non-hydrogen) atoms. The number of halogens is 1. The normalized spacial score (nSPS) is 21.3. The summed E-state index contributed by atoms with van der Waals surface area (Å²) < 4.78 is 15.2. The van der Waals surface area contributed by atoms with Gasteiger partial charge in [0, 0.05) is 58.8 Å². The number of aliphatic imine (C=N–C) groups is 1. The molecule has 7 heteroatoms. The molecule has 1 saturated carbocycles. The molecule has 5 nitrogen and oxygen atoms in total. The largest absolute Gasteiger partial charge is 0.370 e. The lowest BCUT2D eigenvalue weighted by Gasteiger charge is -2.61. The molecule has 0 bridgehead atoms. The lowest BCUT2D eigenvalue weighted by Crippen LogP contribution is -2.71. The first kappa shape index (κ1) is 30.2. The number of nitrogens with one attached hydrogen (secondary N) is 1. The van der Waals surface area contributed by atoms with Crippen LogP contribution >= 0.6 is 11.3 Å². The van der Waals surface area contributed by atoms with Crippen LogP contribution in [0.1, 0.15) is 86.8 Å². The third-order valence-corrected chi connectivity index (χ3v) is 10.2. The van der Waals surface area contributed by atoms with E-state index in [1.54, 1.807) is 13.8 Å². The second kappa shape index (κ2) is 12.4. The minimum absolute atomic E-state index is 0.00952. The van der Waals surface area contributed by atoms with Gasteiger partial charge in [-0.1, -0.05) is 45.9 Å². The van der Waals surface area contributed by atoms with E-state index < -0.39 is 5.83 Å². The zero-order valence-corrected chi connectivity index (χ0v) is 25.7. The highest BCUT2D eigenvalue weighted by Gasteiger charge is 2.51. The van der Waals surface area contributed by atoms with E-state index in [1.807, 2.05) is 12.1 Å². The third-order valence-electron chi connectivity index (χ3n) is 8.82. The van der Waals surface area contributed by atoms with E-state index in [-0.39, 0.29) is 16.9 Å². The summed E-state index contributed by atoms with van der Waals surface area (Å²) in [4.78, 5) is 23.9. The maximum absolute atomic E-state index is 15.2. The number of allylic oxidation sites excluding steroid dienone is 5. The number of amidine groups is 1. The lowest BCUT2D eigenvalue weighted by atomic mass is 9.72. The van der Waals surface area contributed by atoms with E-state index in [4.69, 9.17) is 0 Å². The van der Waals surface area contributed by atoms with E-state index in [0.29, 0.717) is 27.4 Å². The first-order valence-corrected chi connectivity index (χ1v) is 15.4. The van der Waals surface area contributed by atoms with Gasteiger partial charge in [0.2, 0.25) is 0 Å². The number of hydrogen-bond donors (Lipinski definition) is 1. The summed E-state index contributed by atoms with van der Waals surface area (Å²) in [5, 5.41) is 3.20. The van der Waals surface area contributed by atoms with Crippen molar-refractivity contribution < 1.29 is 9.18 Å². The number of Topliss-reactive ketones (excluding diaryl/α,β-unsaturated/α-hetero) is 1. The summed E-state index contributed by atoms with van der Waals surface area (Å²) in [5.41, 5.74) is 3.19. The fourth-order valence-corrected chi connectivity index (χ4v) is 8.10. The van der Waals surface area contributed by atoms with Crippen molar-refractivity contribution in [2.45, 2.75) is 72.1 Å². The average Bonchev–Trinajstić information content (AvgIpc) is 3.55. The molecule has 1 aromatic rings. The monoisotopic (exact) mass is 564 g/mol. The molecule has 2 saturated heterocycles. The third kappa shape index (κ3) is 6.10. The number of nitrogens with zero attached hydrogens (tertiary/aromatic N) is 3. The fraction of sp³-hybridized carbons (Fsp3) is 0.515. The topological polar surface area (TPSA) is 47.9 Å². The minimum Gasteiger partial charge on any atom is -0.370 e. The second-order valence-electron chi connectivity index (χ2n) is 11.7. The fourth-order valence-electron chi connectivity index (χ4n) is 6.59. The molecule has 1 spiro atoms. The molecule has 3 fully saturated rings. The standard InChI is InChI=1S/C33H45FN4OS/c1-8-26(38-21-32(22-38)19-37(11-4)20-32)15-14-23(5)35-25(7)36-30(28(34)9-2)29-18-27(24(6)39)31(40-29)33(10-3)16-12-13-17-33/h8-9,14-15,18H,2,5,10-13,16-17,19-22H2,1,3-4,6-7H3,(H,35,36)/b15-14-,26-8+,30-28+. The van der Waals surface area contributed by atoms with Gasteiger partial charge in [0.15, 0.2) is 5.78 Å². The SMILES string of the molecule is C=C/C(F)=C(\N=C(/C)NC(=C)/C=C\C(=C/C)N1CC2(CN(CC)C2)C1)c1cc(C(C)=O)c(C2(CC)CCCC2)s1. The smallest absolute Gasteiger partial charge is 0.160 e. The van der Waals surface area contributed by atoms with Gasteiger partial charge >= 0.3 is 0 Å². The van der Waals surface area contributed by atoms with Gasteiger partial charge in [-0.2, -0.15) is 0 Å². The number of rotatable bonds is 11. The molecule has 3 aliphatic rings. The van der Waals surface area contributed by atoms with Crippen molar-refractivity contribution in [3.05, 3.63) is 76.1 Å². The summed E-state index contributed by atoms with van der Waals surface area (Å²) in [6.07, 6.45) is 12.7. The summed E-state index contributed by atoms with van der Waals surface area (Å²) in [6, 6.07) is 1.82. The number of ketones is 1. The molecular weight excluding hydrogens is 519 g/mol. The maximum atomic E-state index is 15.2. The molecular formula is C33H45FN4OS. The highest BCUT2D eigenvalue weighted by atomic mass is 32.1. The molecule has 0 radical (unpaired) electrons. The Bertz CT molecular complexity index is 1260. The lowest BCUT2D eigenvalue weighted by molar-refractivity contribution is -0.0965. The number of carbonyl (C=O) groups is 1. The van der Waals surface area contributed by atoms with Crippen LogP contribution in [0.5, 0.6) is 0 Å². The van der Waals surface area contributed by atoms with Crippen LogP contribution < -0.4 is 5.32 Å². The van der Waals surface area contributed by atoms with Gasteiger partial charge in [-0.05, 0) is 70.9 Å². The molecule has 1 aromatic heterocycles.